The highest BCUT2D eigenvalue weighted by atomic mass is 35.5. The van der Waals surface area contributed by atoms with Crippen molar-refractivity contribution in [2.45, 2.75) is 17.3 Å². The van der Waals surface area contributed by atoms with E-state index in [1.807, 2.05) is 41.0 Å². The predicted molar refractivity (Wildman–Crippen MR) is 129 cm³/mol. The summed E-state index contributed by atoms with van der Waals surface area (Å²) in [5.41, 5.74) is 9.17. The number of primary amides is 1. The number of pyridine rings is 1. The van der Waals surface area contributed by atoms with E-state index in [0.717, 1.165) is 22.5 Å². The van der Waals surface area contributed by atoms with Gasteiger partial charge >= 0.3 is 0 Å². The molecule has 168 valence electrons. The summed E-state index contributed by atoms with van der Waals surface area (Å²) in [6.07, 6.45) is 3.28. The minimum absolute atomic E-state index is 0.00244. The number of nitrogens with two attached hydrogens (primary N) is 1. The first-order valence-corrected chi connectivity index (χ1v) is 12.8. The summed E-state index contributed by atoms with van der Waals surface area (Å²) in [5.74, 6) is -0.683. The second-order valence-electron chi connectivity index (χ2n) is 7.57. The number of carbonyl (C=O) groups is 1. The van der Waals surface area contributed by atoms with Gasteiger partial charge in [0, 0.05) is 42.3 Å². The van der Waals surface area contributed by atoms with Gasteiger partial charge in [-0.05, 0) is 23.1 Å². The van der Waals surface area contributed by atoms with E-state index in [-0.39, 0.29) is 27.9 Å². The maximum atomic E-state index is 13.7. The molecule has 1 amide bonds. The number of aromatic nitrogens is 2. The Kier molecular flexibility index (Phi) is 5.57. The molecule has 1 aliphatic rings. The molecule has 5 rings (SSSR count). The molecule has 4 heterocycles. The van der Waals surface area contributed by atoms with Gasteiger partial charge in [-0.25, -0.2) is 8.42 Å². The van der Waals surface area contributed by atoms with Crippen LogP contribution in [0.4, 0.5) is 0 Å². The first-order chi connectivity index (χ1) is 15.9. The number of benzene rings is 1. The molecular formula is C23H19ClN4O3S2. The van der Waals surface area contributed by atoms with Crippen LogP contribution in [-0.2, 0) is 23.1 Å². The third-order valence-corrected chi connectivity index (χ3v) is 9.36. The minimum atomic E-state index is -3.84. The molecule has 0 saturated heterocycles. The first kappa shape index (κ1) is 21.8. The highest BCUT2D eigenvalue weighted by Gasteiger charge is 2.36. The van der Waals surface area contributed by atoms with Crippen LogP contribution in [0.3, 0.4) is 0 Å². The van der Waals surface area contributed by atoms with Gasteiger partial charge in [0.2, 0.25) is 0 Å². The largest absolute Gasteiger partial charge is 0.365 e. The van der Waals surface area contributed by atoms with E-state index >= 15 is 0 Å². The van der Waals surface area contributed by atoms with Crippen LogP contribution in [0.1, 0.15) is 16.1 Å². The molecule has 0 atom stereocenters. The van der Waals surface area contributed by atoms with Gasteiger partial charge in [0.25, 0.3) is 15.9 Å². The summed E-state index contributed by atoms with van der Waals surface area (Å²) >= 11 is 7.78. The molecule has 7 nitrogen and oxygen atoms in total. The Bertz CT molecular complexity index is 1450. The molecule has 1 aliphatic heterocycles. The summed E-state index contributed by atoms with van der Waals surface area (Å²) in [7, 11) is -3.84. The zero-order valence-corrected chi connectivity index (χ0v) is 19.7. The highest BCUT2D eigenvalue weighted by Crippen LogP contribution is 2.40. The van der Waals surface area contributed by atoms with E-state index < -0.39 is 15.9 Å². The molecule has 3 aromatic heterocycles. The molecule has 33 heavy (non-hydrogen) atoms. The van der Waals surface area contributed by atoms with Gasteiger partial charge in [0.15, 0.2) is 0 Å². The topological polar surface area (TPSA) is 98.3 Å². The van der Waals surface area contributed by atoms with Crippen LogP contribution in [0.2, 0.25) is 5.02 Å². The van der Waals surface area contributed by atoms with Crippen LogP contribution >= 0.6 is 22.9 Å². The lowest BCUT2D eigenvalue weighted by Gasteiger charge is -2.29. The summed E-state index contributed by atoms with van der Waals surface area (Å²) in [4.78, 5) is 16.4. The van der Waals surface area contributed by atoms with Gasteiger partial charge in [0.05, 0.1) is 22.8 Å². The molecule has 2 N–H and O–H groups in total. The maximum absolute atomic E-state index is 13.7. The Labute approximate surface area is 200 Å². The Morgan fingerprint density at radius 2 is 1.82 bits per heavy atom. The summed E-state index contributed by atoms with van der Waals surface area (Å²) in [6.45, 7) is 0.583. The van der Waals surface area contributed by atoms with E-state index in [1.165, 1.54) is 4.31 Å². The monoisotopic (exact) mass is 498 g/mol. The van der Waals surface area contributed by atoms with E-state index in [0.29, 0.717) is 23.5 Å². The lowest BCUT2D eigenvalue weighted by Crippen LogP contribution is -2.39. The second kappa shape index (κ2) is 8.42. The smallest absolute Gasteiger partial charge is 0.253 e. The number of amides is 1. The van der Waals surface area contributed by atoms with E-state index in [2.05, 4.69) is 4.98 Å². The van der Waals surface area contributed by atoms with Crippen LogP contribution in [0.25, 0.3) is 22.4 Å². The van der Waals surface area contributed by atoms with Crippen LogP contribution in [-0.4, -0.2) is 34.7 Å². The van der Waals surface area contributed by atoms with Crippen molar-refractivity contribution in [2.24, 2.45) is 5.73 Å². The zero-order valence-electron chi connectivity index (χ0n) is 17.3. The molecule has 0 unspecified atom stereocenters. The number of hydrogen-bond acceptors (Lipinski definition) is 5. The molecule has 0 bridgehead atoms. The zero-order chi connectivity index (χ0) is 23.2. The van der Waals surface area contributed by atoms with Crippen molar-refractivity contribution >= 4 is 38.9 Å². The molecule has 0 saturated carbocycles. The van der Waals surface area contributed by atoms with Crippen molar-refractivity contribution in [3.05, 3.63) is 82.6 Å². The number of thiophene rings is 1. The standard InChI is InChI=1S/C23H19ClN4O3S2/c24-20-19(22(25)29)18-14-27(10-11-28(18)21(20)15-5-2-1-3-6-15)33(30,31)23-17(8-12-32-23)16-7-4-9-26-13-16/h1-9,12-13H,10-11,14H2,(H2,25,29). The van der Waals surface area contributed by atoms with Crippen LogP contribution in [0.15, 0.2) is 70.5 Å². The Morgan fingerprint density at radius 3 is 2.52 bits per heavy atom. The van der Waals surface area contributed by atoms with Crippen molar-refractivity contribution in [3.8, 4) is 22.4 Å². The molecule has 0 spiro atoms. The van der Waals surface area contributed by atoms with Crippen LogP contribution < -0.4 is 5.73 Å². The predicted octanol–water partition coefficient (Wildman–Crippen LogP) is 4.24. The number of nitrogens with zero attached hydrogens (tertiary/aromatic N) is 3. The fraction of sp³-hybridized carbons (Fsp3) is 0.130. The molecular weight excluding hydrogens is 480 g/mol. The normalized spacial score (nSPS) is 14.2. The quantitative estimate of drug-likeness (QED) is 0.445. The molecule has 4 aromatic rings. The number of sulfonamides is 1. The lowest BCUT2D eigenvalue weighted by molar-refractivity contribution is 0.0998. The number of rotatable bonds is 5. The number of hydrogen-bond donors (Lipinski definition) is 1. The van der Waals surface area contributed by atoms with Crippen molar-refractivity contribution in [1.29, 1.82) is 0 Å². The Hall–Kier alpha value is -2.98. The van der Waals surface area contributed by atoms with Gasteiger partial charge in [-0.1, -0.05) is 48.0 Å². The molecule has 10 heteroatoms. The SMILES string of the molecule is NC(=O)c1c(Cl)c(-c2ccccc2)n2c1CN(S(=O)(=O)c1sccc1-c1cccnc1)CC2. The number of fused-ring (bicyclic) bond motifs is 1. The van der Waals surface area contributed by atoms with Crippen molar-refractivity contribution in [3.63, 3.8) is 0 Å². The highest BCUT2D eigenvalue weighted by molar-refractivity contribution is 7.91. The maximum Gasteiger partial charge on any atom is 0.253 e. The third kappa shape index (κ3) is 3.67. The fourth-order valence-corrected chi connectivity index (χ4v) is 7.52. The van der Waals surface area contributed by atoms with E-state index in [4.69, 9.17) is 17.3 Å². The van der Waals surface area contributed by atoms with E-state index in [1.54, 1.807) is 29.9 Å². The fourth-order valence-electron chi connectivity index (χ4n) is 4.18. The Morgan fingerprint density at radius 1 is 1.06 bits per heavy atom. The second-order valence-corrected chi connectivity index (χ2v) is 11.0. The van der Waals surface area contributed by atoms with Gasteiger partial charge in [-0.15, -0.1) is 11.3 Å². The van der Waals surface area contributed by atoms with Gasteiger partial charge < -0.3 is 10.3 Å². The van der Waals surface area contributed by atoms with Gasteiger partial charge in [0.1, 0.15) is 4.21 Å². The van der Waals surface area contributed by atoms with Crippen molar-refractivity contribution in [1.82, 2.24) is 13.9 Å². The average molecular weight is 499 g/mol. The van der Waals surface area contributed by atoms with Crippen molar-refractivity contribution in [2.75, 3.05) is 6.54 Å². The third-order valence-electron chi connectivity index (χ3n) is 5.68. The van der Waals surface area contributed by atoms with Gasteiger partial charge in [-0.2, -0.15) is 4.31 Å². The summed E-state index contributed by atoms with van der Waals surface area (Å²) < 4.78 is 30.8. The molecule has 0 radical (unpaired) electrons. The van der Waals surface area contributed by atoms with Gasteiger partial charge in [-0.3, -0.25) is 9.78 Å². The minimum Gasteiger partial charge on any atom is -0.365 e. The van der Waals surface area contributed by atoms with E-state index in [9.17, 15) is 13.2 Å². The number of halogens is 1. The first-order valence-electron chi connectivity index (χ1n) is 10.1. The summed E-state index contributed by atoms with van der Waals surface area (Å²) in [5, 5.41) is 2.00. The van der Waals surface area contributed by atoms with Crippen LogP contribution in [0.5, 0.6) is 0 Å². The van der Waals surface area contributed by atoms with Crippen molar-refractivity contribution < 1.29 is 13.2 Å². The Balaban J connectivity index is 1.58. The molecule has 0 fully saturated rings. The number of carbonyl (C=O) groups excluding carboxylic acids is 1. The molecule has 1 aromatic carbocycles. The average Bonchev–Trinajstić information content (AvgIpc) is 3.42. The summed E-state index contributed by atoms with van der Waals surface area (Å²) in [6, 6.07) is 14.8. The molecule has 0 aliphatic carbocycles. The lowest BCUT2D eigenvalue weighted by atomic mass is 10.1. The van der Waals surface area contributed by atoms with Crippen LogP contribution in [0, 0.1) is 0 Å².